The number of carbonyl (C=O) groups excluding carboxylic acids is 1. The Morgan fingerprint density at radius 3 is 2.68 bits per heavy atom. The first-order chi connectivity index (χ1) is 10.6. The molecule has 1 amide bonds. The van der Waals surface area contributed by atoms with Crippen LogP contribution in [0.1, 0.15) is 5.69 Å². The first-order valence-corrected chi connectivity index (χ1v) is 6.57. The highest BCUT2D eigenvalue weighted by molar-refractivity contribution is 5.92. The summed E-state index contributed by atoms with van der Waals surface area (Å²) in [4.78, 5) is 41.7. The number of benzene rings is 1. The van der Waals surface area contributed by atoms with Crippen molar-refractivity contribution in [2.45, 2.75) is 6.42 Å². The number of nitrogens with zero attached hydrogens (tertiary/aromatic N) is 3. The van der Waals surface area contributed by atoms with Gasteiger partial charge >= 0.3 is 11.4 Å². The second-order valence-electron chi connectivity index (χ2n) is 4.77. The van der Waals surface area contributed by atoms with Gasteiger partial charge in [0.2, 0.25) is 11.7 Å². The molecular weight excluding hydrogens is 286 g/mol. The molecule has 0 fully saturated rings. The van der Waals surface area contributed by atoms with E-state index >= 15 is 0 Å². The zero-order valence-electron chi connectivity index (χ0n) is 11.7. The molecule has 0 atom stereocenters. The Morgan fingerprint density at radius 2 is 1.95 bits per heavy atom. The van der Waals surface area contributed by atoms with Gasteiger partial charge in [-0.05, 0) is 12.1 Å². The molecule has 8 nitrogen and oxygen atoms in total. The summed E-state index contributed by atoms with van der Waals surface area (Å²) < 4.78 is 2.42. The van der Waals surface area contributed by atoms with E-state index < -0.39 is 11.4 Å². The number of H-pyrrole nitrogens is 1. The molecule has 0 aliphatic carbocycles. The quantitative estimate of drug-likeness (QED) is 0.705. The largest absolute Gasteiger partial charge is 0.336 e. The highest BCUT2D eigenvalue weighted by atomic mass is 16.2. The van der Waals surface area contributed by atoms with Crippen molar-refractivity contribution in [1.82, 2.24) is 18.9 Å². The van der Waals surface area contributed by atoms with Crippen molar-refractivity contribution in [2.24, 2.45) is 7.05 Å². The smallest absolute Gasteiger partial charge is 0.326 e. The first-order valence-electron chi connectivity index (χ1n) is 6.57. The molecule has 22 heavy (non-hydrogen) atoms. The lowest BCUT2D eigenvalue weighted by molar-refractivity contribution is -0.115. The van der Waals surface area contributed by atoms with Gasteiger partial charge in [0.15, 0.2) is 0 Å². The van der Waals surface area contributed by atoms with Gasteiger partial charge in [0.25, 0.3) is 0 Å². The fourth-order valence-electron chi connectivity index (χ4n) is 2.17. The van der Waals surface area contributed by atoms with Crippen LogP contribution >= 0.6 is 0 Å². The molecule has 112 valence electrons. The average molecular weight is 299 g/mol. The Morgan fingerprint density at radius 1 is 1.23 bits per heavy atom. The minimum atomic E-state index is -0.613. The topological polar surface area (TPSA) is 101 Å². The van der Waals surface area contributed by atoms with Crippen LogP contribution in [0.3, 0.4) is 0 Å². The molecule has 3 aromatic rings. The SMILES string of the molecule is Cn1c(=O)[nH]c(=O)n2c(CC(=O)Nc3ccccc3)cnc12. The molecule has 2 heterocycles. The van der Waals surface area contributed by atoms with Crippen LogP contribution in [-0.2, 0) is 18.3 Å². The minimum Gasteiger partial charge on any atom is -0.326 e. The Hall–Kier alpha value is -3.16. The van der Waals surface area contributed by atoms with E-state index in [0.29, 0.717) is 11.4 Å². The van der Waals surface area contributed by atoms with E-state index in [0.717, 1.165) is 0 Å². The summed E-state index contributed by atoms with van der Waals surface area (Å²) >= 11 is 0. The third kappa shape index (κ3) is 2.41. The summed E-state index contributed by atoms with van der Waals surface area (Å²) in [5.41, 5.74) is -0.0931. The van der Waals surface area contributed by atoms with Gasteiger partial charge in [0.1, 0.15) is 0 Å². The van der Waals surface area contributed by atoms with E-state index in [1.807, 2.05) is 18.2 Å². The number of fused-ring (bicyclic) bond motifs is 1. The standard InChI is InChI=1S/C14H13N5O3/c1-18-12-15-8-10(19(12)14(22)17-13(18)21)7-11(20)16-9-5-3-2-4-6-9/h2-6,8H,7H2,1H3,(H,16,20)(H,17,21,22). The number of anilines is 1. The maximum absolute atomic E-state index is 12.1. The highest BCUT2D eigenvalue weighted by Gasteiger charge is 2.13. The van der Waals surface area contributed by atoms with Crippen LogP contribution in [0, 0.1) is 0 Å². The van der Waals surface area contributed by atoms with Crippen molar-refractivity contribution >= 4 is 17.4 Å². The van der Waals surface area contributed by atoms with Crippen LogP contribution in [0.15, 0.2) is 46.1 Å². The molecule has 0 saturated heterocycles. The third-order valence-corrected chi connectivity index (χ3v) is 3.24. The molecule has 2 aromatic heterocycles. The van der Waals surface area contributed by atoms with E-state index in [2.05, 4.69) is 15.3 Å². The molecule has 1 aromatic carbocycles. The highest BCUT2D eigenvalue weighted by Crippen LogP contribution is 2.07. The summed E-state index contributed by atoms with van der Waals surface area (Å²) in [5.74, 6) is -0.0856. The first kappa shape index (κ1) is 13.8. The second-order valence-corrected chi connectivity index (χ2v) is 4.77. The third-order valence-electron chi connectivity index (χ3n) is 3.24. The Balaban J connectivity index is 1.92. The molecule has 8 heteroatoms. The molecule has 0 bridgehead atoms. The van der Waals surface area contributed by atoms with Crippen molar-refractivity contribution < 1.29 is 4.79 Å². The second kappa shape index (κ2) is 5.32. The molecule has 0 spiro atoms. The zero-order chi connectivity index (χ0) is 15.7. The van der Waals surface area contributed by atoms with Crippen molar-refractivity contribution in [2.75, 3.05) is 5.32 Å². The fraction of sp³-hybridized carbons (Fsp3) is 0.143. The lowest BCUT2D eigenvalue weighted by Gasteiger charge is -2.05. The van der Waals surface area contributed by atoms with Gasteiger partial charge in [-0.1, -0.05) is 18.2 Å². The average Bonchev–Trinajstić information content (AvgIpc) is 2.90. The van der Waals surface area contributed by atoms with E-state index in [-0.39, 0.29) is 18.1 Å². The van der Waals surface area contributed by atoms with E-state index in [9.17, 15) is 14.4 Å². The van der Waals surface area contributed by atoms with Gasteiger partial charge in [0.05, 0.1) is 18.3 Å². The summed E-state index contributed by atoms with van der Waals surface area (Å²) in [7, 11) is 1.49. The van der Waals surface area contributed by atoms with E-state index in [1.165, 1.54) is 22.2 Å². The van der Waals surface area contributed by atoms with Crippen molar-refractivity contribution in [3.63, 3.8) is 0 Å². The number of hydrogen-bond donors (Lipinski definition) is 2. The number of aromatic nitrogens is 4. The number of rotatable bonds is 3. The summed E-state index contributed by atoms with van der Waals surface area (Å²) in [6.45, 7) is 0. The predicted molar refractivity (Wildman–Crippen MR) is 79.8 cm³/mol. The van der Waals surface area contributed by atoms with Crippen LogP contribution in [0.2, 0.25) is 0 Å². The zero-order valence-corrected chi connectivity index (χ0v) is 11.7. The predicted octanol–water partition coefficient (Wildman–Crippen LogP) is -0.0975. The molecule has 0 saturated carbocycles. The number of aryl methyl sites for hydroxylation is 1. The maximum atomic E-state index is 12.1. The van der Waals surface area contributed by atoms with Gasteiger partial charge in [-0.2, -0.15) is 0 Å². The van der Waals surface area contributed by atoms with Crippen LogP contribution < -0.4 is 16.7 Å². The molecule has 3 rings (SSSR count). The van der Waals surface area contributed by atoms with Crippen molar-refractivity contribution in [1.29, 1.82) is 0 Å². The van der Waals surface area contributed by atoms with Crippen molar-refractivity contribution in [3.05, 3.63) is 63.2 Å². The lowest BCUT2D eigenvalue weighted by Crippen LogP contribution is -2.34. The lowest BCUT2D eigenvalue weighted by atomic mass is 10.3. The van der Waals surface area contributed by atoms with Gasteiger partial charge in [-0.15, -0.1) is 0 Å². The Bertz CT molecular complexity index is 952. The number of amides is 1. The van der Waals surface area contributed by atoms with Gasteiger partial charge in [0, 0.05) is 12.7 Å². The monoisotopic (exact) mass is 299 g/mol. The number of hydrogen-bond acceptors (Lipinski definition) is 4. The van der Waals surface area contributed by atoms with E-state index in [1.54, 1.807) is 12.1 Å². The van der Waals surface area contributed by atoms with Gasteiger partial charge < -0.3 is 5.32 Å². The Labute approximate surface area is 124 Å². The molecule has 0 radical (unpaired) electrons. The summed E-state index contributed by atoms with van der Waals surface area (Å²) in [6.07, 6.45) is 1.38. The number of para-hydroxylation sites is 1. The van der Waals surface area contributed by atoms with Crippen LogP contribution in [0.4, 0.5) is 5.69 Å². The maximum Gasteiger partial charge on any atom is 0.336 e. The molecule has 0 unspecified atom stereocenters. The summed E-state index contributed by atoms with van der Waals surface area (Å²) in [6, 6.07) is 9.00. The number of nitrogens with one attached hydrogen (secondary N) is 2. The Kier molecular flexibility index (Phi) is 3.34. The van der Waals surface area contributed by atoms with Crippen molar-refractivity contribution in [3.8, 4) is 0 Å². The molecule has 2 N–H and O–H groups in total. The van der Waals surface area contributed by atoms with Crippen LogP contribution in [0.25, 0.3) is 5.78 Å². The number of aromatic amines is 1. The molecular formula is C14H13N5O3. The van der Waals surface area contributed by atoms with Crippen LogP contribution in [0.5, 0.6) is 0 Å². The molecule has 0 aliphatic heterocycles. The van der Waals surface area contributed by atoms with Gasteiger partial charge in [-0.3, -0.25) is 14.3 Å². The molecule has 0 aliphatic rings. The summed E-state index contributed by atoms with van der Waals surface area (Å²) in [5, 5.41) is 2.73. The fourth-order valence-corrected chi connectivity index (χ4v) is 2.17. The van der Waals surface area contributed by atoms with E-state index in [4.69, 9.17) is 0 Å². The normalized spacial score (nSPS) is 10.8. The minimum absolute atomic E-state index is 0.0304. The van der Waals surface area contributed by atoms with Gasteiger partial charge in [-0.25, -0.2) is 19.0 Å². The number of imidazole rings is 1. The number of carbonyl (C=O) groups is 1. The van der Waals surface area contributed by atoms with Crippen LogP contribution in [-0.4, -0.2) is 24.8 Å².